The fourth-order valence-electron chi connectivity index (χ4n) is 3.97. The van der Waals surface area contributed by atoms with Crippen LogP contribution in [0.5, 0.6) is 11.5 Å². The molecule has 0 aliphatic carbocycles. The van der Waals surface area contributed by atoms with Crippen LogP contribution in [-0.2, 0) is 6.54 Å². The van der Waals surface area contributed by atoms with E-state index in [1.807, 2.05) is 31.2 Å². The molecule has 30 heavy (non-hydrogen) atoms. The van der Waals surface area contributed by atoms with Crippen LogP contribution < -0.4 is 10.4 Å². The molecule has 7 nitrogen and oxygen atoms in total. The second-order valence-electron chi connectivity index (χ2n) is 7.44. The van der Waals surface area contributed by atoms with Crippen LogP contribution in [-0.4, -0.2) is 45.0 Å². The van der Waals surface area contributed by atoms with E-state index >= 15 is 0 Å². The van der Waals surface area contributed by atoms with Gasteiger partial charge in [-0.15, -0.1) is 0 Å². The Morgan fingerprint density at radius 3 is 2.83 bits per heavy atom. The van der Waals surface area contributed by atoms with Crippen LogP contribution in [0.2, 0.25) is 0 Å². The first-order chi connectivity index (χ1) is 14.5. The number of carbonyl (C=O) groups is 1. The quantitative estimate of drug-likeness (QED) is 0.612. The van der Waals surface area contributed by atoms with E-state index in [1.165, 1.54) is 13.0 Å². The maximum atomic E-state index is 12.6. The van der Waals surface area contributed by atoms with Gasteiger partial charge in [0.05, 0.1) is 23.2 Å². The van der Waals surface area contributed by atoms with Crippen molar-refractivity contribution in [3.63, 3.8) is 0 Å². The third-order valence-electron chi connectivity index (χ3n) is 5.34. The van der Waals surface area contributed by atoms with Gasteiger partial charge in [0.2, 0.25) is 0 Å². The zero-order valence-corrected chi connectivity index (χ0v) is 17.1. The Kier molecular flexibility index (Phi) is 5.46. The van der Waals surface area contributed by atoms with Crippen molar-refractivity contribution >= 4 is 22.5 Å². The number of nitrogens with zero attached hydrogens (tertiary/aromatic N) is 2. The number of imidazole rings is 1. The summed E-state index contributed by atoms with van der Waals surface area (Å²) in [7, 11) is 0. The molecule has 4 rings (SSSR count). The third kappa shape index (κ3) is 3.76. The fraction of sp³-hybridized carbons (Fsp3) is 0.304. The summed E-state index contributed by atoms with van der Waals surface area (Å²) in [5.74, 6) is 0.306. The predicted molar refractivity (Wildman–Crippen MR) is 116 cm³/mol. The van der Waals surface area contributed by atoms with Gasteiger partial charge in [-0.25, -0.2) is 4.79 Å². The highest BCUT2D eigenvalue weighted by molar-refractivity contribution is 5.97. The summed E-state index contributed by atoms with van der Waals surface area (Å²) >= 11 is 0. The first-order valence-electron chi connectivity index (χ1n) is 10.1. The van der Waals surface area contributed by atoms with Gasteiger partial charge in [0.25, 0.3) is 0 Å². The molecule has 0 bridgehead atoms. The second-order valence-corrected chi connectivity index (χ2v) is 7.44. The highest BCUT2D eigenvalue weighted by Crippen LogP contribution is 2.31. The van der Waals surface area contributed by atoms with Gasteiger partial charge in [0.15, 0.2) is 5.78 Å². The minimum Gasteiger partial charge on any atom is -0.507 e. The summed E-state index contributed by atoms with van der Waals surface area (Å²) < 4.78 is 7.42. The number of nitrogens with one attached hydrogen (secondary N) is 1. The molecule has 0 spiro atoms. The number of phenols is 1. The van der Waals surface area contributed by atoms with Crippen molar-refractivity contribution < 1.29 is 14.6 Å². The van der Waals surface area contributed by atoms with Crippen LogP contribution in [0.25, 0.3) is 16.7 Å². The molecule has 156 valence electrons. The average Bonchev–Trinajstić information content (AvgIpc) is 3.05. The van der Waals surface area contributed by atoms with Gasteiger partial charge in [-0.2, -0.15) is 0 Å². The van der Waals surface area contributed by atoms with E-state index < -0.39 is 0 Å². The number of ether oxygens (including phenoxy) is 1. The smallest absolute Gasteiger partial charge is 0.330 e. The highest BCUT2D eigenvalue weighted by Gasteiger charge is 2.21. The number of carbonyl (C=O) groups excluding carboxylic acids is 1. The number of aromatic amines is 1. The molecule has 3 aromatic rings. The maximum absolute atomic E-state index is 12.6. The molecule has 0 saturated heterocycles. The van der Waals surface area contributed by atoms with E-state index in [1.54, 1.807) is 10.6 Å². The number of Topliss-reactive ketones (excluding diaryl/α,β-unsaturated/α-hetero) is 1. The number of H-pyrrole nitrogens is 1. The normalized spacial score (nSPS) is 14.7. The van der Waals surface area contributed by atoms with E-state index in [-0.39, 0.29) is 22.8 Å². The van der Waals surface area contributed by atoms with Gasteiger partial charge >= 0.3 is 5.69 Å². The van der Waals surface area contributed by atoms with Gasteiger partial charge in [-0.1, -0.05) is 18.2 Å². The number of hydrogen-bond donors (Lipinski definition) is 2. The van der Waals surface area contributed by atoms with E-state index in [4.69, 9.17) is 4.74 Å². The molecule has 2 aromatic carbocycles. The molecule has 0 amide bonds. The Morgan fingerprint density at radius 2 is 2.07 bits per heavy atom. The van der Waals surface area contributed by atoms with E-state index in [9.17, 15) is 14.7 Å². The van der Waals surface area contributed by atoms with E-state index in [2.05, 4.69) is 16.0 Å². The molecule has 7 heteroatoms. The number of phenolic OH excluding ortho intramolecular Hbond substituents is 1. The number of fused-ring (bicyclic) bond motifs is 1. The number of benzene rings is 2. The van der Waals surface area contributed by atoms with Gasteiger partial charge in [-0.3, -0.25) is 14.3 Å². The van der Waals surface area contributed by atoms with Crippen molar-refractivity contribution in [3.8, 4) is 11.5 Å². The topological polar surface area (TPSA) is 87.6 Å². The second kappa shape index (κ2) is 8.20. The van der Waals surface area contributed by atoms with Crippen molar-refractivity contribution in [3.05, 3.63) is 64.1 Å². The lowest BCUT2D eigenvalue weighted by Crippen LogP contribution is -2.33. The molecule has 0 unspecified atom stereocenters. The van der Waals surface area contributed by atoms with Crippen LogP contribution >= 0.6 is 0 Å². The number of ketones is 1. The van der Waals surface area contributed by atoms with Crippen molar-refractivity contribution in [2.45, 2.75) is 26.8 Å². The molecule has 1 aliphatic heterocycles. The van der Waals surface area contributed by atoms with Gasteiger partial charge in [0.1, 0.15) is 11.5 Å². The Bertz CT molecular complexity index is 1190. The molecular formula is C23H25N3O4. The largest absolute Gasteiger partial charge is 0.507 e. The van der Waals surface area contributed by atoms with Crippen LogP contribution in [0.15, 0.2) is 47.3 Å². The molecule has 0 atom stereocenters. The van der Waals surface area contributed by atoms with Gasteiger partial charge in [0, 0.05) is 37.0 Å². The predicted octanol–water partition coefficient (Wildman–Crippen LogP) is 3.38. The number of hydrogen-bond acceptors (Lipinski definition) is 5. The minimum absolute atomic E-state index is 0.0701. The van der Waals surface area contributed by atoms with Crippen molar-refractivity contribution in [2.24, 2.45) is 0 Å². The van der Waals surface area contributed by atoms with Crippen LogP contribution in [0, 0.1) is 0 Å². The average molecular weight is 407 g/mol. The molecule has 1 aromatic heterocycles. The number of rotatable bonds is 6. The Labute approximate surface area is 174 Å². The molecule has 2 heterocycles. The van der Waals surface area contributed by atoms with Crippen LogP contribution in [0.1, 0.15) is 36.2 Å². The molecule has 2 N–H and O–H groups in total. The lowest BCUT2D eigenvalue weighted by atomic mass is 10.0. The van der Waals surface area contributed by atoms with Crippen LogP contribution in [0.4, 0.5) is 0 Å². The zero-order chi connectivity index (χ0) is 21.3. The first kappa shape index (κ1) is 20.0. The summed E-state index contributed by atoms with van der Waals surface area (Å²) in [4.78, 5) is 29.6. The van der Waals surface area contributed by atoms with Crippen molar-refractivity contribution in [1.29, 1.82) is 0 Å². The minimum atomic E-state index is -0.193. The van der Waals surface area contributed by atoms with Crippen molar-refractivity contribution in [1.82, 2.24) is 14.5 Å². The maximum Gasteiger partial charge on any atom is 0.330 e. The SMILES string of the molecule is CCOc1cc(O)c(C(C)=O)cc1CN1CCC=C(n2c(=O)[nH]c3ccccc32)C1. The van der Waals surface area contributed by atoms with Gasteiger partial charge < -0.3 is 14.8 Å². The summed E-state index contributed by atoms with van der Waals surface area (Å²) in [6.07, 6.45) is 2.91. The number of aromatic hydroxyl groups is 1. The standard InChI is InChI=1S/C23H25N3O4/c1-3-30-22-12-21(28)18(15(2)27)11-16(22)13-25-10-6-7-17(14-25)26-20-9-5-4-8-19(20)24-23(26)29/h4-5,7-9,11-12,28H,3,6,10,13-14H2,1-2H3,(H,24,29). The lowest BCUT2D eigenvalue weighted by Gasteiger charge is -2.28. The number of aromatic nitrogens is 2. The highest BCUT2D eigenvalue weighted by atomic mass is 16.5. The lowest BCUT2D eigenvalue weighted by molar-refractivity contribution is 0.101. The fourth-order valence-corrected chi connectivity index (χ4v) is 3.97. The Morgan fingerprint density at radius 1 is 1.27 bits per heavy atom. The summed E-state index contributed by atoms with van der Waals surface area (Å²) in [6, 6.07) is 10.9. The molecule has 1 aliphatic rings. The zero-order valence-electron chi connectivity index (χ0n) is 17.1. The van der Waals surface area contributed by atoms with E-state index in [0.717, 1.165) is 35.3 Å². The monoisotopic (exact) mass is 407 g/mol. The molecular weight excluding hydrogens is 382 g/mol. The Hall–Kier alpha value is -3.32. The Balaban J connectivity index is 1.63. The third-order valence-corrected chi connectivity index (χ3v) is 5.34. The first-order valence-corrected chi connectivity index (χ1v) is 10.1. The van der Waals surface area contributed by atoms with Gasteiger partial charge in [-0.05, 0) is 38.5 Å². The van der Waals surface area contributed by atoms with Crippen LogP contribution in [0.3, 0.4) is 0 Å². The summed E-state index contributed by atoms with van der Waals surface area (Å²) in [6.45, 7) is 5.73. The molecule has 0 saturated carbocycles. The summed E-state index contributed by atoms with van der Waals surface area (Å²) in [5, 5.41) is 10.2. The summed E-state index contributed by atoms with van der Waals surface area (Å²) in [5.41, 5.74) is 3.56. The van der Waals surface area contributed by atoms with E-state index in [0.29, 0.717) is 25.4 Å². The molecule has 0 fully saturated rings. The van der Waals surface area contributed by atoms with Crippen molar-refractivity contribution in [2.75, 3.05) is 19.7 Å². The number of para-hydroxylation sites is 2. The molecule has 0 radical (unpaired) electrons.